The second-order valence-corrected chi connectivity index (χ2v) is 6.67. The molecule has 2 nitrogen and oxygen atoms in total. The molecule has 20 heavy (non-hydrogen) atoms. The van der Waals surface area contributed by atoms with Crippen molar-refractivity contribution in [3.8, 4) is 0 Å². The van der Waals surface area contributed by atoms with Crippen LogP contribution < -0.4 is 0 Å². The number of amides is 1. The maximum absolute atomic E-state index is 13.1. The van der Waals surface area contributed by atoms with E-state index in [1.165, 1.54) is 17.3 Å². The van der Waals surface area contributed by atoms with Crippen LogP contribution in [0.4, 0.5) is 8.78 Å². The molecule has 0 spiro atoms. The Balaban J connectivity index is 1.90. The summed E-state index contributed by atoms with van der Waals surface area (Å²) in [5.41, 5.74) is 1.17. The summed E-state index contributed by atoms with van der Waals surface area (Å²) < 4.78 is 26.2. The van der Waals surface area contributed by atoms with Crippen molar-refractivity contribution in [3.63, 3.8) is 0 Å². The number of hydrogen-bond donors (Lipinski definition) is 0. The minimum absolute atomic E-state index is 0.0499. The molecule has 0 bridgehead atoms. The highest BCUT2D eigenvalue weighted by Gasteiger charge is 2.36. The monoisotopic (exact) mass is 299 g/mol. The molecule has 2 rings (SSSR count). The third kappa shape index (κ3) is 3.95. The summed E-state index contributed by atoms with van der Waals surface area (Å²) in [4.78, 5) is 14.8. The summed E-state index contributed by atoms with van der Waals surface area (Å²) in [6.45, 7) is 4.16. The van der Waals surface area contributed by atoms with Gasteiger partial charge in [0.05, 0.1) is 5.25 Å². The Hall–Kier alpha value is -1.10. The molecule has 0 radical (unpaired) electrons. The molecule has 0 saturated carbocycles. The van der Waals surface area contributed by atoms with Crippen molar-refractivity contribution in [2.75, 3.05) is 13.1 Å². The van der Waals surface area contributed by atoms with Gasteiger partial charge in [0, 0.05) is 30.8 Å². The van der Waals surface area contributed by atoms with Gasteiger partial charge in [0.2, 0.25) is 5.91 Å². The van der Waals surface area contributed by atoms with E-state index in [1.54, 1.807) is 4.90 Å². The van der Waals surface area contributed by atoms with Crippen molar-refractivity contribution in [1.82, 2.24) is 4.90 Å². The fourth-order valence-electron chi connectivity index (χ4n) is 2.18. The molecule has 1 aromatic carbocycles. The van der Waals surface area contributed by atoms with E-state index in [1.807, 2.05) is 38.1 Å². The number of aryl methyl sites for hydroxylation is 1. The fraction of sp³-hybridized carbons (Fsp3) is 0.533. The summed E-state index contributed by atoms with van der Waals surface area (Å²) in [5, 5.41) is -0.246. The van der Waals surface area contributed by atoms with Crippen molar-refractivity contribution >= 4 is 17.7 Å². The number of thioether (sulfide) groups is 1. The molecule has 0 N–H and O–H groups in total. The molecular weight excluding hydrogens is 280 g/mol. The predicted molar refractivity (Wildman–Crippen MR) is 77.3 cm³/mol. The second-order valence-electron chi connectivity index (χ2n) is 5.25. The first-order valence-corrected chi connectivity index (χ1v) is 7.65. The van der Waals surface area contributed by atoms with Crippen molar-refractivity contribution in [3.05, 3.63) is 29.8 Å². The van der Waals surface area contributed by atoms with Crippen LogP contribution in [0.1, 0.15) is 25.3 Å². The molecule has 0 aliphatic carbocycles. The van der Waals surface area contributed by atoms with E-state index in [2.05, 4.69) is 0 Å². The average Bonchev–Trinajstić information content (AvgIpc) is 2.40. The Morgan fingerprint density at radius 2 is 1.80 bits per heavy atom. The lowest BCUT2D eigenvalue weighted by Gasteiger charge is -2.33. The van der Waals surface area contributed by atoms with Crippen molar-refractivity contribution in [2.45, 2.75) is 42.8 Å². The lowest BCUT2D eigenvalue weighted by molar-refractivity contribution is -0.136. The topological polar surface area (TPSA) is 20.3 Å². The van der Waals surface area contributed by atoms with Crippen LogP contribution in [-0.2, 0) is 4.79 Å². The van der Waals surface area contributed by atoms with Crippen molar-refractivity contribution in [1.29, 1.82) is 0 Å². The molecular formula is C15H19F2NOS. The summed E-state index contributed by atoms with van der Waals surface area (Å²) in [5.74, 6) is -2.66. The Morgan fingerprint density at radius 1 is 1.25 bits per heavy atom. The van der Waals surface area contributed by atoms with E-state index < -0.39 is 5.92 Å². The zero-order chi connectivity index (χ0) is 14.8. The van der Waals surface area contributed by atoms with Crippen molar-refractivity contribution < 1.29 is 13.6 Å². The first kappa shape index (κ1) is 15.3. The van der Waals surface area contributed by atoms with E-state index in [4.69, 9.17) is 0 Å². The summed E-state index contributed by atoms with van der Waals surface area (Å²) >= 11 is 1.48. The number of carbonyl (C=O) groups is 1. The van der Waals surface area contributed by atoms with Crippen LogP contribution in [0, 0.1) is 6.92 Å². The summed E-state index contributed by atoms with van der Waals surface area (Å²) in [7, 11) is 0. The van der Waals surface area contributed by atoms with Crippen LogP contribution >= 0.6 is 11.8 Å². The Kier molecular flexibility index (Phi) is 4.68. The Labute approximate surface area is 122 Å². The van der Waals surface area contributed by atoms with Gasteiger partial charge in [-0.15, -0.1) is 11.8 Å². The van der Waals surface area contributed by atoms with E-state index >= 15 is 0 Å². The largest absolute Gasteiger partial charge is 0.341 e. The molecule has 1 amide bonds. The number of hydrogen-bond acceptors (Lipinski definition) is 2. The molecule has 1 atom stereocenters. The molecule has 1 unspecified atom stereocenters. The summed E-state index contributed by atoms with van der Waals surface area (Å²) in [6.07, 6.45) is -0.443. The third-order valence-corrected chi connectivity index (χ3v) is 4.59. The Bertz CT molecular complexity index is 465. The van der Waals surface area contributed by atoms with Gasteiger partial charge in [0.15, 0.2) is 0 Å². The number of benzene rings is 1. The highest BCUT2D eigenvalue weighted by atomic mass is 32.2. The summed E-state index contributed by atoms with van der Waals surface area (Å²) in [6, 6.07) is 7.96. The molecule has 1 saturated heterocycles. The number of nitrogens with zero attached hydrogens (tertiary/aromatic N) is 1. The van der Waals surface area contributed by atoms with Crippen LogP contribution in [0.3, 0.4) is 0 Å². The molecule has 1 heterocycles. The molecule has 0 aromatic heterocycles. The van der Waals surface area contributed by atoms with Crippen LogP contribution in [0.15, 0.2) is 29.2 Å². The minimum Gasteiger partial charge on any atom is -0.341 e. The smallest absolute Gasteiger partial charge is 0.251 e. The number of halogens is 2. The quantitative estimate of drug-likeness (QED) is 0.793. The number of piperidine rings is 1. The van der Waals surface area contributed by atoms with Gasteiger partial charge in [-0.05, 0) is 26.0 Å². The van der Waals surface area contributed by atoms with Crippen LogP contribution in [0.2, 0.25) is 0 Å². The van der Waals surface area contributed by atoms with Gasteiger partial charge in [-0.3, -0.25) is 4.79 Å². The molecule has 1 fully saturated rings. The maximum Gasteiger partial charge on any atom is 0.251 e. The average molecular weight is 299 g/mol. The molecule has 1 aromatic rings. The molecule has 5 heteroatoms. The number of likely N-dealkylation sites (tertiary alicyclic amines) is 1. The highest BCUT2D eigenvalue weighted by molar-refractivity contribution is 8.00. The molecule has 110 valence electrons. The predicted octanol–water partition coefficient (Wildman–Crippen LogP) is 3.73. The van der Waals surface area contributed by atoms with Gasteiger partial charge >= 0.3 is 0 Å². The van der Waals surface area contributed by atoms with E-state index in [-0.39, 0.29) is 37.1 Å². The van der Waals surface area contributed by atoms with Gasteiger partial charge < -0.3 is 4.90 Å². The van der Waals surface area contributed by atoms with Gasteiger partial charge in [0.25, 0.3) is 5.92 Å². The molecule has 1 aliphatic heterocycles. The van der Waals surface area contributed by atoms with Gasteiger partial charge in [0.1, 0.15) is 0 Å². The fourth-order valence-corrected chi connectivity index (χ4v) is 3.13. The normalized spacial score (nSPS) is 19.7. The minimum atomic E-state index is -2.61. The van der Waals surface area contributed by atoms with Crippen molar-refractivity contribution in [2.24, 2.45) is 0 Å². The second kappa shape index (κ2) is 6.12. The van der Waals surface area contributed by atoms with Crippen LogP contribution in [-0.4, -0.2) is 35.1 Å². The number of alkyl halides is 2. The van der Waals surface area contributed by atoms with E-state index in [9.17, 15) is 13.6 Å². The number of carbonyl (C=O) groups excluding carboxylic acids is 1. The van der Waals surface area contributed by atoms with Gasteiger partial charge in [-0.2, -0.15) is 0 Å². The maximum atomic E-state index is 13.1. The highest BCUT2D eigenvalue weighted by Crippen LogP contribution is 2.30. The third-order valence-electron chi connectivity index (χ3n) is 3.49. The first-order valence-electron chi connectivity index (χ1n) is 6.77. The zero-order valence-corrected chi connectivity index (χ0v) is 12.6. The van der Waals surface area contributed by atoms with E-state index in [0.717, 1.165) is 4.90 Å². The Morgan fingerprint density at radius 3 is 2.35 bits per heavy atom. The SMILES string of the molecule is Cc1ccc(SC(C)C(=O)N2CCC(F)(F)CC2)cc1. The van der Waals surface area contributed by atoms with Gasteiger partial charge in [-0.1, -0.05) is 17.7 Å². The van der Waals surface area contributed by atoms with Crippen LogP contribution in [0.5, 0.6) is 0 Å². The first-order chi connectivity index (χ1) is 9.37. The van der Waals surface area contributed by atoms with Crippen LogP contribution in [0.25, 0.3) is 0 Å². The molecule has 1 aliphatic rings. The zero-order valence-electron chi connectivity index (χ0n) is 11.7. The van der Waals surface area contributed by atoms with Gasteiger partial charge in [-0.25, -0.2) is 8.78 Å². The van der Waals surface area contributed by atoms with E-state index in [0.29, 0.717) is 0 Å². The standard InChI is InChI=1S/C15H19F2NOS/c1-11-3-5-13(6-4-11)20-12(2)14(19)18-9-7-15(16,17)8-10-18/h3-6,12H,7-10H2,1-2H3. The lowest BCUT2D eigenvalue weighted by Crippen LogP contribution is -2.45. The number of rotatable bonds is 3. The lowest BCUT2D eigenvalue weighted by atomic mass is 10.1.